The Labute approximate surface area is 171 Å². The fraction of sp³-hybridized carbons (Fsp3) is 0.286. The summed E-state index contributed by atoms with van der Waals surface area (Å²) in [6.07, 6.45) is -4.62. The Morgan fingerprint density at radius 3 is 2.50 bits per heavy atom. The number of nitrogens with zero attached hydrogens (tertiary/aromatic N) is 1. The van der Waals surface area contributed by atoms with Gasteiger partial charge in [0.15, 0.2) is 0 Å². The molecule has 4 amide bonds. The van der Waals surface area contributed by atoms with Crippen LogP contribution in [0.2, 0.25) is 0 Å². The first kappa shape index (κ1) is 21.4. The van der Waals surface area contributed by atoms with Gasteiger partial charge in [0.05, 0.1) is 11.6 Å². The average molecular weight is 419 g/mol. The number of halogens is 3. The first-order chi connectivity index (χ1) is 14.2. The maximum absolute atomic E-state index is 12.8. The van der Waals surface area contributed by atoms with Gasteiger partial charge in [0.25, 0.3) is 5.91 Å². The first-order valence-electron chi connectivity index (χ1n) is 9.32. The molecular formula is C21H20F3N3O3. The molecule has 2 atom stereocenters. The van der Waals surface area contributed by atoms with Crippen molar-refractivity contribution in [1.29, 1.82) is 0 Å². The number of rotatable bonds is 6. The molecule has 158 valence electrons. The van der Waals surface area contributed by atoms with E-state index in [1.807, 2.05) is 6.07 Å². The van der Waals surface area contributed by atoms with Crippen LogP contribution in [0.3, 0.4) is 0 Å². The summed E-state index contributed by atoms with van der Waals surface area (Å²) in [5.41, 5.74) is -0.0658. The smallest absolute Gasteiger partial charge is 0.326 e. The molecule has 2 N–H and O–H groups in total. The Kier molecular flexibility index (Phi) is 6.09. The van der Waals surface area contributed by atoms with Crippen molar-refractivity contribution < 1.29 is 27.6 Å². The largest absolute Gasteiger partial charge is 0.416 e. The van der Waals surface area contributed by atoms with Gasteiger partial charge in [-0.25, -0.2) is 4.79 Å². The highest BCUT2D eigenvalue weighted by molar-refractivity contribution is 6.05. The van der Waals surface area contributed by atoms with Gasteiger partial charge in [-0.2, -0.15) is 13.2 Å². The van der Waals surface area contributed by atoms with E-state index in [9.17, 15) is 27.6 Å². The molecule has 2 aromatic carbocycles. The molecule has 2 aromatic rings. The van der Waals surface area contributed by atoms with Gasteiger partial charge in [0, 0.05) is 12.1 Å². The molecule has 0 spiro atoms. The monoisotopic (exact) mass is 419 g/mol. The predicted molar refractivity (Wildman–Crippen MR) is 103 cm³/mol. The Balaban J connectivity index is 1.58. The number of benzene rings is 2. The van der Waals surface area contributed by atoms with Gasteiger partial charge in [-0.05, 0) is 37.1 Å². The number of imide groups is 1. The molecule has 1 heterocycles. The molecule has 0 unspecified atom stereocenters. The number of hydrogen-bond donors (Lipinski definition) is 2. The molecule has 1 aliphatic rings. The van der Waals surface area contributed by atoms with Crippen molar-refractivity contribution in [3.63, 3.8) is 0 Å². The van der Waals surface area contributed by atoms with Crippen LogP contribution in [0.4, 0.5) is 23.7 Å². The zero-order valence-electron chi connectivity index (χ0n) is 16.1. The third-order valence-electron chi connectivity index (χ3n) is 4.86. The summed E-state index contributed by atoms with van der Waals surface area (Å²) >= 11 is 0. The second kappa shape index (κ2) is 8.56. The minimum absolute atomic E-state index is 0.0101. The molecule has 0 aromatic heterocycles. The third kappa shape index (κ3) is 4.79. The number of carbonyl (C=O) groups is 3. The Morgan fingerprint density at radius 1 is 1.13 bits per heavy atom. The number of nitrogens with one attached hydrogen (secondary N) is 2. The molecule has 3 rings (SSSR count). The van der Waals surface area contributed by atoms with Crippen molar-refractivity contribution in [1.82, 2.24) is 10.2 Å². The van der Waals surface area contributed by atoms with E-state index in [2.05, 4.69) is 10.6 Å². The number of anilines is 1. The predicted octanol–water partition coefficient (Wildman–Crippen LogP) is 4.11. The summed E-state index contributed by atoms with van der Waals surface area (Å²) in [7, 11) is 0. The second-order valence-electron chi connectivity index (χ2n) is 6.96. The standard InChI is InChI=1S/C21H20F3N3O3/c1-13(14-6-3-2-4-7-14)27-19(29)17(26-20(27)30)10-11-18(28)25-16-9-5-8-15(12-16)21(22,23)24/h2-9,12-13,17H,10-11H2,1H3,(H,25,28)(H,26,30)/t13-,17+/m1/s1. The van der Waals surface area contributed by atoms with Gasteiger partial charge >= 0.3 is 12.2 Å². The van der Waals surface area contributed by atoms with Crippen molar-refractivity contribution in [3.05, 3.63) is 65.7 Å². The van der Waals surface area contributed by atoms with Crippen LogP contribution in [0.1, 0.15) is 36.9 Å². The van der Waals surface area contributed by atoms with Crippen LogP contribution in [0.15, 0.2) is 54.6 Å². The normalized spacial score (nSPS) is 17.6. The van der Waals surface area contributed by atoms with E-state index in [4.69, 9.17) is 0 Å². The Bertz CT molecular complexity index is 947. The van der Waals surface area contributed by atoms with E-state index in [1.165, 1.54) is 12.1 Å². The number of carbonyl (C=O) groups excluding carboxylic acids is 3. The van der Waals surface area contributed by atoms with Crippen LogP contribution in [0.25, 0.3) is 0 Å². The minimum atomic E-state index is -4.51. The minimum Gasteiger partial charge on any atom is -0.326 e. The maximum Gasteiger partial charge on any atom is 0.416 e. The summed E-state index contributed by atoms with van der Waals surface area (Å²) in [6, 6.07) is 11.5. The van der Waals surface area contributed by atoms with E-state index < -0.39 is 41.7 Å². The maximum atomic E-state index is 12.8. The van der Waals surface area contributed by atoms with Crippen LogP contribution in [-0.4, -0.2) is 28.8 Å². The molecule has 1 saturated heterocycles. The topological polar surface area (TPSA) is 78.5 Å². The molecule has 6 nitrogen and oxygen atoms in total. The van der Waals surface area contributed by atoms with E-state index in [1.54, 1.807) is 31.2 Å². The number of urea groups is 1. The zero-order valence-corrected chi connectivity index (χ0v) is 16.1. The van der Waals surface area contributed by atoms with Crippen LogP contribution in [0, 0.1) is 0 Å². The van der Waals surface area contributed by atoms with Crippen molar-refractivity contribution in [2.75, 3.05) is 5.32 Å². The lowest BCUT2D eigenvalue weighted by Crippen LogP contribution is -2.34. The summed E-state index contributed by atoms with van der Waals surface area (Å²) in [5.74, 6) is -0.992. The number of amides is 4. The van der Waals surface area contributed by atoms with Gasteiger partial charge in [0.2, 0.25) is 5.91 Å². The van der Waals surface area contributed by atoms with Crippen molar-refractivity contribution in [3.8, 4) is 0 Å². The number of alkyl halides is 3. The summed E-state index contributed by atoms with van der Waals surface area (Å²) in [5, 5.41) is 4.95. The average Bonchev–Trinajstić information content (AvgIpc) is 2.99. The van der Waals surface area contributed by atoms with Crippen molar-refractivity contribution in [2.24, 2.45) is 0 Å². The van der Waals surface area contributed by atoms with Crippen LogP contribution >= 0.6 is 0 Å². The SMILES string of the molecule is C[C@H](c1ccccc1)N1C(=O)N[C@@H](CCC(=O)Nc2cccc(C(F)(F)F)c2)C1=O. The van der Waals surface area contributed by atoms with Crippen LogP contribution in [-0.2, 0) is 15.8 Å². The lowest BCUT2D eigenvalue weighted by atomic mass is 10.1. The highest BCUT2D eigenvalue weighted by Crippen LogP contribution is 2.31. The fourth-order valence-electron chi connectivity index (χ4n) is 3.26. The molecule has 0 bridgehead atoms. The summed E-state index contributed by atoms with van der Waals surface area (Å²) in [6.45, 7) is 1.73. The Hall–Kier alpha value is -3.36. The van der Waals surface area contributed by atoms with Crippen LogP contribution < -0.4 is 10.6 Å². The molecule has 1 aliphatic heterocycles. The molecule has 30 heavy (non-hydrogen) atoms. The summed E-state index contributed by atoms with van der Waals surface area (Å²) in [4.78, 5) is 38.1. The van der Waals surface area contributed by atoms with Gasteiger partial charge in [0.1, 0.15) is 6.04 Å². The van der Waals surface area contributed by atoms with E-state index in [-0.39, 0.29) is 18.5 Å². The van der Waals surface area contributed by atoms with E-state index in [0.29, 0.717) is 0 Å². The van der Waals surface area contributed by atoms with Gasteiger partial charge in [-0.3, -0.25) is 14.5 Å². The van der Waals surface area contributed by atoms with Gasteiger partial charge in [-0.15, -0.1) is 0 Å². The van der Waals surface area contributed by atoms with Gasteiger partial charge < -0.3 is 10.6 Å². The zero-order chi connectivity index (χ0) is 21.9. The molecule has 0 saturated carbocycles. The van der Waals surface area contributed by atoms with Gasteiger partial charge in [-0.1, -0.05) is 36.4 Å². The first-order valence-corrected chi connectivity index (χ1v) is 9.32. The second-order valence-corrected chi connectivity index (χ2v) is 6.96. The van der Waals surface area contributed by atoms with E-state index in [0.717, 1.165) is 22.6 Å². The number of hydrogen-bond acceptors (Lipinski definition) is 3. The third-order valence-corrected chi connectivity index (χ3v) is 4.86. The fourth-order valence-corrected chi connectivity index (χ4v) is 3.26. The highest BCUT2D eigenvalue weighted by Gasteiger charge is 2.41. The lowest BCUT2D eigenvalue weighted by molar-refractivity contribution is -0.137. The van der Waals surface area contributed by atoms with E-state index >= 15 is 0 Å². The molecule has 9 heteroatoms. The molecule has 1 fully saturated rings. The van der Waals surface area contributed by atoms with Crippen molar-refractivity contribution in [2.45, 2.75) is 38.0 Å². The van der Waals surface area contributed by atoms with Crippen molar-refractivity contribution >= 4 is 23.5 Å². The molecule has 0 aliphatic carbocycles. The summed E-state index contributed by atoms with van der Waals surface area (Å²) < 4.78 is 38.3. The van der Waals surface area contributed by atoms with Crippen LogP contribution in [0.5, 0.6) is 0 Å². The Morgan fingerprint density at radius 2 is 1.83 bits per heavy atom. The quantitative estimate of drug-likeness (QED) is 0.692. The lowest BCUT2D eigenvalue weighted by Gasteiger charge is -2.21. The molecular weight excluding hydrogens is 399 g/mol. The molecule has 0 radical (unpaired) electrons. The highest BCUT2D eigenvalue weighted by atomic mass is 19.4.